The number of halogens is 1. The molecule has 0 aliphatic heterocycles. The summed E-state index contributed by atoms with van der Waals surface area (Å²) in [4.78, 5) is 16.2. The van der Waals surface area contributed by atoms with Crippen molar-refractivity contribution in [1.82, 2.24) is 4.98 Å². The monoisotopic (exact) mass is 299 g/mol. The minimum Gasteiger partial charge on any atom is -0.320 e. The molecule has 0 fully saturated rings. The van der Waals surface area contributed by atoms with Gasteiger partial charge < -0.3 is 11.1 Å². The summed E-state index contributed by atoms with van der Waals surface area (Å²) >= 11 is 5.75. The van der Waals surface area contributed by atoms with Crippen molar-refractivity contribution < 1.29 is 4.79 Å². The van der Waals surface area contributed by atoms with Crippen LogP contribution in [0.1, 0.15) is 21.5 Å². The number of pyridine rings is 1. The molecule has 1 aromatic carbocycles. The minimum atomic E-state index is -0.249. The molecule has 106 valence electrons. The number of carbonyl (C=O) groups excluding carboxylic acids is 1. The first-order valence-electron chi connectivity index (χ1n) is 6.32. The largest absolute Gasteiger partial charge is 0.320 e. The van der Waals surface area contributed by atoms with Gasteiger partial charge >= 0.3 is 0 Å². The lowest BCUT2D eigenvalue weighted by molar-refractivity contribution is 0.102. The standard InChI is InChI=1S/C16H14ClN3O/c1-11-4-5-13(9-12(11)3-2-8-18)16(21)20-15-7-6-14(17)10-19-15/h4-7,9-10H,8,18H2,1H3,(H,19,20,21). The average molecular weight is 300 g/mol. The van der Waals surface area contributed by atoms with Crippen LogP contribution in [-0.4, -0.2) is 17.4 Å². The predicted octanol–water partition coefficient (Wildman–Crippen LogP) is 2.61. The van der Waals surface area contributed by atoms with Crippen LogP contribution >= 0.6 is 11.6 Å². The Morgan fingerprint density at radius 3 is 2.86 bits per heavy atom. The average Bonchev–Trinajstić information content (AvgIpc) is 2.48. The van der Waals surface area contributed by atoms with Gasteiger partial charge in [0.15, 0.2) is 0 Å². The van der Waals surface area contributed by atoms with Crippen LogP contribution in [0.3, 0.4) is 0 Å². The molecular weight excluding hydrogens is 286 g/mol. The third kappa shape index (κ3) is 4.06. The highest BCUT2D eigenvalue weighted by Crippen LogP contribution is 2.13. The van der Waals surface area contributed by atoms with Crippen molar-refractivity contribution in [2.45, 2.75) is 6.92 Å². The fourth-order valence-corrected chi connectivity index (χ4v) is 1.79. The molecule has 21 heavy (non-hydrogen) atoms. The van der Waals surface area contributed by atoms with E-state index in [0.29, 0.717) is 16.4 Å². The second-order valence-corrected chi connectivity index (χ2v) is 4.79. The van der Waals surface area contributed by atoms with E-state index in [-0.39, 0.29) is 12.5 Å². The third-order valence-electron chi connectivity index (χ3n) is 2.79. The van der Waals surface area contributed by atoms with Gasteiger partial charge in [0.25, 0.3) is 5.91 Å². The number of hydrogen-bond donors (Lipinski definition) is 2. The number of amides is 1. The normalized spacial score (nSPS) is 9.67. The van der Waals surface area contributed by atoms with E-state index >= 15 is 0 Å². The van der Waals surface area contributed by atoms with Gasteiger partial charge in [-0.25, -0.2) is 4.98 Å². The summed E-state index contributed by atoms with van der Waals surface area (Å²) in [6.45, 7) is 2.22. The van der Waals surface area contributed by atoms with E-state index in [9.17, 15) is 4.79 Å². The van der Waals surface area contributed by atoms with Gasteiger partial charge in [-0.1, -0.05) is 29.5 Å². The van der Waals surface area contributed by atoms with Gasteiger partial charge in [0, 0.05) is 17.3 Å². The first-order valence-corrected chi connectivity index (χ1v) is 6.70. The van der Waals surface area contributed by atoms with E-state index < -0.39 is 0 Å². The summed E-state index contributed by atoms with van der Waals surface area (Å²) < 4.78 is 0. The van der Waals surface area contributed by atoms with Gasteiger partial charge in [0.05, 0.1) is 11.6 Å². The molecule has 1 aromatic heterocycles. The van der Waals surface area contributed by atoms with Crippen molar-refractivity contribution >= 4 is 23.3 Å². The topological polar surface area (TPSA) is 68.0 Å². The molecular formula is C16H14ClN3O. The number of carbonyl (C=O) groups is 1. The van der Waals surface area contributed by atoms with Crippen LogP contribution in [0, 0.1) is 18.8 Å². The van der Waals surface area contributed by atoms with E-state index in [1.807, 2.05) is 13.0 Å². The molecule has 0 spiro atoms. The van der Waals surface area contributed by atoms with Crippen LogP contribution in [0.15, 0.2) is 36.5 Å². The fourth-order valence-electron chi connectivity index (χ4n) is 1.68. The van der Waals surface area contributed by atoms with E-state index in [0.717, 1.165) is 11.1 Å². The van der Waals surface area contributed by atoms with Gasteiger partial charge in [-0.2, -0.15) is 0 Å². The molecule has 0 saturated heterocycles. The summed E-state index contributed by atoms with van der Waals surface area (Å²) in [5.41, 5.74) is 7.67. The van der Waals surface area contributed by atoms with E-state index in [1.54, 1.807) is 24.3 Å². The zero-order chi connectivity index (χ0) is 15.2. The summed E-state index contributed by atoms with van der Waals surface area (Å²) in [7, 11) is 0. The first kappa shape index (κ1) is 15.0. The maximum absolute atomic E-state index is 12.2. The van der Waals surface area contributed by atoms with Crippen molar-refractivity contribution in [3.05, 3.63) is 58.2 Å². The third-order valence-corrected chi connectivity index (χ3v) is 3.02. The van der Waals surface area contributed by atoms with Crippen molar-refractivity contribution in [2.75, 3.05) is 11.9 Å². The molecule has 0 atom stereocenters. The zero-order valence-corrected chi connectivity index (χ0v) is 12.2. The molecule has 3 N–H and O–H groups in total. The van der Waals surface area contributed by atoms with Crippen LogP contribution in [0.5, 0.6) is 0 Å². The van der Waals surface area contributed by atoms with Gasteiger partial charge in [-0.15, -0.1) is 0 Å². The molecule has 0 aliphatic rings. The number of hydrogen-bond acceptors (Lipinski definition) is 3. The highest BCUT2D eigenvalue weighted by Gasteiger charge is 2.08. The maximum atomic E-state index is 12.2. The summed E-state index contributed by atoms with van der Waals surface area (Å²) in [5, 5.41) is 3.22. The molecule has 1 heterocycles. The van der Waals surface area contributed by atoms with Gasteiger partial charge in [-0.3, -0.25) is 4.79 Å². The Kier molecular flexibility index (Phi) is 4.94. The number of rotatable bonds is 2. The Hall–Kier alpha value is -2.35. The second kappa shape index (κ2) is 6.89. The number of nitrogens with zero attached hydrogens (tertiary/aromatic N) is 1. The molecule has 5 heteroatoms. The first-order chi connectivity index (χ1) is 10.1. The van der Waals surface area contributed by atoms with Crippen LogP contribution in [-0.2, 0) is 0 Å². The highest BCUT2D eigenvalue weighted by molar-refractivity contribution is 6.30. The van der Waals surface area contributed by atoms with E-state index in [1.165, 1.54) is 6.20 Å². The molecule has 2 aromatic rings. The number of anilines is 1. The number of benzene rings is 1. The van der Waals surface area contributed by atoms with Crippen LogP contribution in [0.4, 0.5) is 5.82 Å². The smallest absolute Gasteiger partial charge is 0.256 e. The molecule has 4 nitrogen and oxygen atoms in total. The molecule has 0 aliphatic carbocycles. The summed E-state index contributed by atoms with van der Waals surface area (Å²) in [6, 6.07) is 8.64. The SMILES string of the molecule is Cc1ccc(C(=O)Nc2ccc(Cl)cn2)cc1C#CCN. The van der Waals surface area contributed by atoms with Crippen molar-refractivity contribution in [3.63, 3.8) is 0 Å². The summed E-state index contributed by atoms with van der Waals surface area (Å²) in [6.07, 6.45) is 1.48. The van der Waals surface area contributed by atoms with E-state index in [4.69, 9.17) is 17.3 Å². The lowest BCUT2D eigenvalue weighted by Crippen LogP contribution is -2.13. The number of nitrogens with one attached hydrogen (secondary N) is 1. The Morgan fingerprint density at radius 1 is 1.38 bits per heavy atom. The number of aryl methyl sites for hydroxylation is 1. The zero-order valence-electron chi connectivity index (χ0n) is 11.5. The predicted molar refractivity (Wildman–Crippen MR) is 84.3 cm³/mol. The van der Waals surface area contributed by atoms with Gasteiger partial charge in [0.2, 0.25) is 0 Å². The number of nitrogens with two attached hydrogens (primary N) is 1. The lowest BCUT2D eigenvalue weighted by atomic mass is 10.0. The number of aromatic nitrogens is 1. The molecule has 0 unspecified atom stereocenters. The minimum absolute atomic E-state index is 0.249. The highest BCUT2D eigenvalue weighted by atomic mass is 35.5. The molecule has 1 amide bonds. The Labute approximate surface area is 128 Å². The van der Waals surface area contributed by atoms with E-state index in [2.05, 4.69) is 22.1 Å². The fraction of sp³-hybridized carbons (Fsp3) is 0.125. The Balaban J connectivity index is 2.21. The quantitative estimate of drug-likeness (QED) is 0.838. The molecule has 0 bridgehead atoms. The Morgan fingerprint density at radius 2 is 2.19 bits per heavy atom. The molecule has 2 rings (SSSR count). The van der Waals surface area contributed by atoms with Crippen LogP contribution < -0.4 is 11.1 Å². The van der Waals surface area contributed by atoms with Crippen LogP contribution in [0.25, 0.3) is 0 Å². The van der Waals surface area contributed by atoms with Gasteiger partial charge in [-0.05, 0) is 36.8 Å². The van der Waals surface area contributed by atoms with Crippen molar-refractivity contribution in [2.24, 2.45) is 5.73 Å². The summed E-state index contributed by atoms with van der Waals surface area (Å²) in [5.74, 6) is 5.93. The lowest BCUT2D eigenvalue weighted by Gasteiger charge is -2.06. The second-order valence-electron chi connectivity index (χ2n) is 4.35. The Bertz CT molecular complexity index is 715. The van der Waals surface area contributed by atoms with Crippen molar-refractivity contribution in [1.29, 1.82) is 0 Å². The van der Waals surface area contributed by atoms with Crippen molar-refractivity contribution in [3.8, 4) is 11.8 Å². The maximum Gasteiger partial charge on any atom is 0.256 e. The van der Waals surface area contributed by atoms with Gasteiger partial charge in [0.1, 0.15) is 5.82 Å². The molecule has 0 radical (unpaired) electrons. The molecule has 0 saturated carbocycles. The van der Waals surface area contributed by atoms with Crippen LogP contribution in [0.2, 0.25) is 5.02 Å².